The predicted molar refractivity (Wildman–Crippen MR) is 83.8 cm³/mol. The van der Waals surface area contributed by atoms with Gasteiger partial charge in [0.2, 0.25) is 0 Å². The van der Waals surface area contributed by atoms with Crippen LogP contribution in [0.4, 0.5) is 0 Å². The van der Waals surface area contributed by atoms with Crippen LogP contribution in [0.1, 0.15) is 27.9 Å². The maximum Gasteiger partial charge on any atom is 0.252 e. The van der Waals surface area contributed by atoms with Crippen molar-refractivity contribution in [2.24, 2.45) is 5.73 Å². The van der Waals surface area contributed by atoms with Crippen molar-refractivity contribution in [3.63, 3.8) is 0 Å². The summed E-state index contributed by atoms with van der Waals surface area (Å²) < 4.78 is 22.0. The largest absolute Gasteiger partial charge is 0.352 e. The second-order valence-electron chi connectivity index (χ2n) is 4.79. The van der Waals surface area contributed by atoms with Gasteiger partial charge < -0.3 is 11.1 Å². The number of benzene rings is 1. The van der Waals surface area contributed by atoms with E-state index < -0.39 is 9.84 Å². The molecule has 1 aromatic carbocycles. The van der Waals surface area contributed by atoms with Crippen LogP contribution in [0.5, 0.6) is 0 Å². The number of sulfone groups is 1. The fraction of sp³-hybridized carbons (Fsp3) is 0.400. The summed E-state index contributed by atoms with van der Waals surface area (Å²) in [4.78, 5) is 12.1. The Morgan fingerprint density at radius 2 is 2.10 bits per heavy atom. The average Bonchev–Trinajstić information content (AvgIpc) is 2.40. The van der Waals surface area contributed by atoms with Crippen molar-refractivity contribution in [3.05, 3.63) is 34.9 Å². The highest BCUT2D eigenvalue weighted by Gasteiger charge is 2.10. The van der Waals surface area contributed by atoms with E-state index in [9.17, 15) is 13.2 Å². The smallest absolute Gasteiger partial charge is 0.252 e. The molecule has 0 aliphatic rings. The Kier molecular flexibility index (Phi) is 6.40. The molecule has 0 unspecified atom stereocenters. The van der Waals surface area contributed by atoms with E-state index in [1.165, 1.54) is 6.26 Å². The van der Waals surface area contributed by atoms with Gasteiger partial charge in [-0.15, -0.1) is 0 Å². The number of nitrogens with one attached hydrogen (secondary N) is 1. The van der Waals surface area contributed by atoms with Gasteiger partial charge in [-0.05, 0) is 31.0 Å². The molecule has 0 aliphatic carbocycles. The van der Waals surface area contributed by atoms with Gasteiger partial charge >= 0.3 is 0 Å². The Labute approximate surface area is 125 Å². The quantitative estimate of drug-likeness (QED) is 0.611. The third-order valence-corrected chi connectivity index (χ3v) is 3.75. The molecule has 1 aromatic rings. The van der Waals surface area contributed by atoms with Gasteiger partial charge in [0.05, 0.1) is 17.9 Å². The molecule has 0 saturated carbocycles. The lowest BCUT2D eigenvalue weighted by molar-refractivity contribution is 0.0953. The molecule has 1 rings (SSSR count). The van der Waals surface area contributed by atoms with E-state index in [1.54, 1.807) is 6.07 Å². The van der Waals surface area contributed by atoms with Gasteiger partial charge in [0, 0.05) is 18.4 Å². The molecule has 114 valence electrons. The number of hydrogen-bond donors (Lipinski definition) is 2. The first-order valence-corrected chi connectivity index (χ1v) is 8.65. The van der Waals surface area contributed by atoms with Gasteiger partial charge in [0.25, 0.3) is 5.91 Å². The van der Waals surface area contributed by atoms with Crippen molar-refractivity contribution in [3.8, 4) is 11.8 Å². The van der Waals surface area contributed by atoms with Crippen LogP contribution >= 0.6 is 0 Å². The van der Waals surface area contributed by atoms with Crippen molar-refractivity contribution in [1.82, 2.24) is 5.32 Å². The minimum Gasteiger partial charge on any atom is -0.352 e. The molecule has 0 radical (unpaired) electrons. The SMILES string of the molecule is Cc1ccc(C(=O)NCCCS(C)(=O)=O)c(C#CCN)c1. The summed E-state index contributed by atoms with van der Waals surface area (Å²) in [5, 5.41) is 2.71. The molecular weight excluding hydrogens is 288 g/mol. The summed E-state index contributed by atoms with van der Waals surface area (Å²) in [5.74, 6) is 5.41. The van der Waals surface area contributed by atoms with E-state index in [-0.39, 0.29) is 18.2 Å². The lowest BCUT2D eigenvalue weighted by atomic mass is 10.0. The minimum absolute atomic E-state index is 0.0566. The summed E-state index contributed by atoms with van der Waals surface area (Å²) in [5.41, 5.74) is 7.45. The lowest BCUT2D eigenvalue weighted by Crippen LogP contribution is -2.26. The zero-order chi connectivity index (χ0) is 15.9. The van der Waals surface area contributed by atoms with Crippen molar-refractivity contribution in [2.75, 3.05) is 25.1 Å². The van der Waals surface area contributed by atoms with Gasteiger partial charge in [-0.1, -0.05) is 17.9 Å². The summed E-state index contributed by atoms with van der Waals surface area (Å²) in [7, 11) is -3.00. The van der Waals surface area contributed by atoms with Crippen molar-refractivity contribution in [1.29, 1.82) is 0 Å². The molecule has 0 bridgehead atoms. The highest BCUT2D eigenvalue weighted by molar-refractivity contribution is 7.90. The van der Waals surface area contributed by atoms with E-state index in [0.717, 1.165) is 5.56 Å². The third kappa shape index (κ3) is 6.43. The number of hydrogen-bond acceptors (Lipinski definition) is 4. The molecular formula is C15H20N2O3S. The van der Waals surface area contributed by atoms with E-state index in [4.69, 9.17) is 5.73 Å². The highest BCUT2D eigenvalue weighted by atomic mass is 32.2. The Balaban J connectivity index is 2.74. The Bertz CT molecular complexity index is 670. The summed E-state index contributed by atoms with van der Waals surface area (Å²) in [6.45, 7) is 2.45. The van der Waals surface area contributed by atoms with Crippen LogP contribution in [0.25, 0.3) is 0 Å². The standard InChI is InChI=1S/C15H20N2O3S/c1-12-6-7-14(13(11-12)5-3-8-16)15(18)17-9-4-10-21(2,19)20/h6-7,11H,4,8-10,16H2,1-2H3,(H,17,18). The highest BCUT2D eigenvalue weighted by Crippen LogP contribution is 2.10. The summed E-state index contributed by atoms with van der Waals surface area (Å²) >= 11 is 0. The third-order valence-electron chi connectivity index (χ3n) is 2.72. The Morgan fingerprint density at radius 3 is 2.71 bits per heavy atom. The molecule has 0 atom stereocenters. The Morgan fingerprint density at radius 1 is 1.38 bits per heavy atom. The molecule has 21 heavy (non-hydrogen) atoms. The number of carbonyl (C=O) groups excluding carboxylic acids is 1. The second kappa shape index (κ2) is 7.81. The fourth-order valence-corrected chi connectivity index (χ4v) is 2.41. The van der Waals surface area contributed by atoms with Crippen LogP contribution in [0.2, 0.25) is 0 Å². The maximum atomic E-state index is 12.1. The molecule has 5 nitrogen and oxygen atoms in total. The first-order valence-electron chi connectivity index (χ1n) is 6.59. The number of rotatable bonds is 5. The van der Waals surface area contributed by atoms with E-state index in [0.29, 0.717) is 24.1 Å². The summed E-state index contributed by atoms with van der Waals surface area (Å²) in [6, 6.07) is 5.37. The number of carbonyl (C=O) groups is 1. The molecule has 0 saturated heterocycles. The molecule has 1 amide bonds. The first-order chi connectivity index (χ1) is 9.83. The van der Waals surface area contributed by atoms with Crippen molar-refractivity contribution in [2.45, 2.75) is 13.3 Å². The van der Waals surface area contributed by atoms with E-state index in [2.05, 4.69) is 17.2 Å². The molecule has 0 spiro atoms. The zero-order valence-corrected chi connectivity index (χ0v) is 13.1. The lowest BCUT2D eigenvalue weighted by Gasteiger charge is -2.07. The number of aryl methyl sites for hydroxylation is 1. The van der Waals surface area contributed by atoms with Gasteiger partial charge in [-0.2, -0.15) is 0 Å². The molecule has 0 aliphatic heterocycles. The van der Waals surface area contributed by atoms with Crippen molar-refractivity contribution >= 4 is 15.7 Å². The van der Waals surface area contributed by atoms with Crippen LogP contribution in [0.3, 0.4) is 0 Å². The second-order valence-corrected chi connectivity index (χ2v) is 7.05. The average molecular weight is 308 g/mol. The van der Waals surface area contributed by atoms with Crippen molar-refractivity contribution < 1.29 is 13.2 Å². The maximum absolute atomic E-state index is 12.1. The number of amides is 1. The molecule has 0 aromatic heterocycles. The number of nitrogens with two attached hydrogens (primary N) is 1. The van der Waals surface area contributed by atoms with E-state index in [1.807, 2.05) is 19.1 Å². The van der Waals surface area contributed by atoms with Gasteiger partial charge in [-0.25, -0.2) is 8.42 Å². The van der Waals surface area contributed by atoms with Gasteiger partial charge in [0.1, 0.15) is 9.84 Å². The molecule has 0 heterocycles. The van der Waals surface area contributed by atoms with Crippen LogP contribution in [-0.2, 0) is 9.84 Å². The fourth-order valence-electron chi connectivity index (χ4n) is 1.74. The van der Waals surface area contributed by atoms with Crippen LogP contribution < -0.4 is 11.1 Å². The van der Waals surface area contributed by atoms with Gasteiger partial charge in [0.15, 0.2) is 0 Å². The topological polar surface area (TPSA) is 89.3 Å². The minimum atomic E-state index is -3.00. The monoisotopic (exact) mass is 308 g/mol. The molecule has 6 heteroatoms. The summed E-state index contributed by atoms with van der Waals surface area (Å²) in [6.07, 6.45) is 1.57. The normalized spacial score (nSPS) is 10.6. The van der Waals surface area contributed by atoms with E-state index >= 15 is 0 Å². The predicted octanol–water partition coefficient (Wildman–Crippen LogP) is 0.470. The van der Waals surface area contributed by atoms with Gasteiger partial charge in [-0.3, -0.25) is 4.79 Å². The molecule has 3 N–H and O–H groups in total. The van der Waals surface area contributed by atoms with Crippen LogP contribution in [0.15, 0.2) is 18.2 Å². The Hall–Kier alpha value is -1.84. The molecule has 0 fully saturated rings. The zero-order valence-electron chi connectivity index (χ0n) is 12.3. The van der Waals surface area contributed by atoms with Crippen LogP contribution in [-0.4, -0.2) is 39.4 Å². The van der Waals surface area contributed by atoms with Crippen LogP contribution in [0, 0.1) is 18.8 Å². The first kappa shape index (κ1) is 17.2.